The van der Waals surface area contributed by atoms with Gasteiger partial charge in [0.05, 0.1) is 11.3 Å². The molecule has 0 aromatic heterocycles. The van der Waals surface area contributed by atoms with E-state index < -0.39 is 10.0 Å². The molecule has 170 valence electrons. The Morgan fingerprint density at radius 2 is 1.52 bits per heavy atom. The number of carbonyl (C=O) groups excluding carboxylic acids is 1. The molecule has 4 bridgehead atoms. The van der Waals surface area contributed by atoms with Crippen LogP contribution in [0.1, 0.15) is 69.8 Å². The number of hydrogen-bond acceptors (Lipinski definition) is 3. The third kappa shape index (κ3) is 4.56. The van der Waals surface area contributed by atoms with Crippen LogP contribution in [0, 0.1) is 23.2 Å². The summed E-state index contributed by atoms with van der Waals surface area (Å²) in [7, 11) is -3.41. The van der Waals surface area contributed by atoms with Crippen LogP contribution >= 0.6 is 0 Å². The molecule has 1 heterocycles. The van der Waals surface area contributed by atoms with E-state index in [1.165, 1.54) is 38.5 Å². The highest BCUT2D eigenvalue weighted by molar-refractivity contribution is 7.89. The number of nitrogens with zero attached hydrogens (tertiary/aromatic N) is 1. The number of hydrogen-bond donors (Lipinski definition) is 1. The number of sulfonamides is 1. The lowest BCUT2D eigenvalue weighted by Crippen LogP contribution is -2.47. The number of amides is 1. The molecule has 1 amide bonds. The summed E-state index contributed by atoms with van der Waals surface area (Å²) in [5.41, 5.74) is 1.36. The highest BCUT2D eigenvalue weighted by Gasteiger charge is 2.50. The van der Waals surface area contributed by atoms with Crippen LogP contribution in [0.15, 0.2) is 29.2 Å². The van der Waals surface area contributed by atoms with Crippen molar-refractivity contribution in [1.82, 2.24) is 9.62 Å². The predicted molar refractivity (Wildman–Crippen MR) is 121 cm³/mol. The number of rotatable bonds is 7. The quantitative estimate of drug-likeness (QED) is 0.688. The van der Waals surface area contributed by atoms with E-state index in [1.54, 1.807) is 28.6 Å². The van der Waals surface area contributed by atoms with Crippen molar-refractivity contribution in [2.75, 3.05) is 19.6 Å². The fraction of sp³-hybridized carbons (Fsp3) is 0.720. The van der Waals surface area contributed by atoms with Crippen molar-refractivity contribution in [3.63, 3.8) is 0 Å². The highest BCUT2D eigenvalue weighted by Crippen LogP contribution is 2.61. The molecule has 1 N–H and O–H groups in total. The Bertz CT molecular complexity index is 868. The van der Waals surface area contributed by atoms with Gasteiger partial charge in [-0.15, -0.1) is 0 Å². The topological polar surface area (TPSA) is 66.5 Å². The Morgan fingerprint density at radius 3 is 2.10 bits per heavy atom. The molecule has 31 heavy (non-hydrogen) atoms. The summed E-state index contributed by atoms with van der Waals surface area (Å²) < 4.78 is 27.1. The van der Waals surface area contributed by atoms with Crippen LogP contribution < -0.4 is 5.32 Å². The number of carbonyl (C=O) groups is 1. The largest absolute Gasteiger partial charge is 0.356 e. The minimum Gasteiger partial charge on any atom is -0.356 e. The van der Waals surface area contributed by atoms with Crippen LogP contribution in [-0.2, 0) is 21.2 Å². The summed E-state index contributed by atoms with van der Waals surface area (Å²) in [6.07, 6.45) is 12.9. The average Bonchev–Trinajstić information content (AvgIpc) is 2.74. The van der Waals surface area contributed by atoms with Gasteiger partial charge < -0.3 is 5.32 Å². The molecule has 4 aliphatic carbocycles. The maximum absolute atomic E-state index is 12.8. The van der Waals surface area contributed by atoms with Gasteiger partial charge in [0.2, 0.25) is 15.9 Å². The fourth-order valence-corrected chi connectivity index (χ4v) is 8.86. The van der Waals surface area contributed by atoms with E-state index in [1.807, 2.05) is 0 Å². The highest BCUT2D eigenvalue weighted by atomic mass is 32.2. The van der Waals surface area contributed by atoms with Gasteiger partial charge in [-0.2, -0.15) is 4.31 Å². The van der Waals surface area contributed by atoms with Crippen LogP contribution in [0.2, 0.25) is 0 Å². The first-order valence-electron chi connectivity index (χ1n) is 12.3. The van der Waals surface area contributed by atoms with Crippen LogP contribution in [0.5, 0.6) is 0 Å². The zero-order valence-electron chi connectivity index (χ0n) is 18.5. The van der Waals surface area contributed by atoms with Gasteiger partial charge in [-0.3, -0.25) is 4.79 Å². The minimum atomic E-state index is -3.41. The van der Waals surface area contributed by atoms with Crippen molar-refractivity contribution in [3.8, 4) is 0 Å². The van der Waals surface area contributed by atoms with Crippen molar-refractivity contribution in [1.29, 1.82) is 0 Å². The standard InChI is InChI=1S/C25H36N2O3S/c28-24(26-9-8-25-16-20-12-21(17-25)14-22(13-20)18-25)15-19-4-6-23(7-5-19)31(29,30)27-10-2-1-3-11-27/h4-7,20-22H,1-3,8-18H2,(H,26,28). The molecule has 0 radical (unpaired) electrons. The summed E-state index contributed by atoms with van der Waals surface area (Å²) in [6.45, 7) is 1.98. The lowest BCUT2D eigenvalue weighted by Gasteiger charge is -2.57. The van der Waals surface area contributed by atoms with Crippen LogP contribution in [0.4, 0.5) is 0 Å². The van der Waals surface area contributed by atoms with E-state index in [-0.39, 0.29) is 5.91 Å². The molecule has 4 saturated carbocycles. The Labute approximate surface area is 187 Å². The second kappa shape index (κ2) is 8.51. The SMILES string of the molecule is O=C(Cc1ccc(S(=O)(=O)N2CCCCC2)cc1)NCCC12CC3CC(CC(C3)C1)C2. The minimum absolute atomic E-state index is 0.0383. The number of piperidine rings is 1. The molecule has 6 heteroatoms. The third-order valence-electron chi connectivity index (χ3n) is 8.38. The Morgan fingerprint density at radius 1 is 0.935 bits per heavy atom. The Hall–Kier alpha value is -1.40. The second-order valence-corrected chi connectivity index (χ2v) is 12.7. The van der Waals surface area contributed by atoms with Gasteiger partial charge in [0.25, 0.3) is 0 Å². The number of benzene rings is 1. The summed E-state index contributed by atoms with van der Waals surface area (Å²) in [5.74, 6) is 2.88. The molecule has 0 atom stereocenters. The average molecular weight is 445 g/mol. The molecular weight excluding hydrogens is 408 g/mol. The van der Waals surface area contributed by atoms with Gasteiger partial charge in [-0.25, -0.2) is 8.42 Å². The van der Waals surface area contributed by atoms with Gasteiger partial charge in [0, 0.05) is 19.6 Å². The molecule has 5 fully saturated rings. The van der Waals surface area contributed by atoms with Crippen molar-refractivity contribution < 1.29 is 13.2 Å². The van der Waals surface area contributed by atoms with E-state index in [4.69, 9.17) is 0 Å². The van der Waals surface area contributed by atoms with Gasteiger partial charge in [0.15, 0.2) is 0 Å². The monoisotopic (exact) mass is 444 g/mol. The fourth-order valence-electron chi connectivity index (χ4n) is 7.34. The predicted octanol–water partition coefficient (Wildman–Crippen LogP) is 4.13. The zero-order valence-corrected chi connectivity index (χ0v) is 19.3. The summed E-state index contributed by atoms with van der Waals surface area (Å²) in [4.78, 5) is 12.8. The van der Waals surface area contributed by atoms with E-state index in [9.17, 15) is 13.2 Å². The molecule has 1 saturated heterocycles. The number of nitrogens with one attached hydrogen (secondary N) is 1. The third-order valence-corrected chi connectivity index (χ3v) is 10.3. The first-order valence-corrected chi connectivity index (χ1v) is 13.7. The molecule has 5 nitrogen and oxygen atoms in total. The maximum Gasteiger partial charge on any atom is 0.243 e. The molecule has 1 aromatic rings. The maximum atomic E-state index is 12.8. The van der Waals surface area contributed by atoms with Crippen LogP contribution in [-0.4, -0.2) is 38.3 Å². The lowest BCUT2D eigenvalue weighted by molar-refractivity contribution is -0.120. The summed E-state index contributed by atoms with van der Waals surface area (Å²) in [6, 6.07) is 6.88. The first-order chi connectivity index (χ1) is 14.9. The smallest absolute Gasteiger partial charge is 0.243 e. The molecular formula is C25H36N2O3S. The lowest BCUT2D eigenvalue weighted by atomic mass is 9.49. The normalized spacial score (nSPS) is 32.8. The van der Waals surface area contributed by atoms with E-state index >= 15 is 0 Å². The molecule has 0 unspecified atom stereocenters. The van der Waals surface area contributed by atoms with Gasteiger partial charge >= 0.3 is 0 Å². The van der Waals surface area contributed by atoms with Crippen molar-refractivity contribution in [3.05, 3.63) is 29.8 Å². The molecule has 6 rings (SSSR count). The first kappa shape index (κ1) is 21.4. The van der Waals surface area contributed by atoms with Crippen LogP contribution in [0.25, 0.3) is 0 Å². The Balaban J connectivity index is 1.12. The van der Waals surface area contributed by atoms with E-state index in [2.05, 4.69) is 5.32 Å². The van der Waals surface area contributed by atoms with Gasteiger partial charge in [0.1, 0.15) is 0 Å². The zero-order chi connectivity index (χ0) is 21.5. The second-order valence-electron chi connectivity index (χ2n) is 10.8. The molecule has 1 aromatic carbocycles. The van der Waals surface area contributed by atoms with Gasteiger partial charge in [-0.05, 0) is 98.7 Å². The van der Waals surface area contributed by atoms with Gasteiger partial charge in [-0.1, -0.05) is 18.6 Å². The molecule has 1 aliphatic heterocycles. The summed E-state index contributed by atoms with van der Waals surface area (Å²) >= 11 is 0. The van der Waals surface area contributed by atoms with Crippen molar-refractivity contribution in [2.45, 2.75) is 75.5 Å². The van der Waals surface area contributed by atoms with E-state index in [0.29, 0.717) is 29.8 Å². The summed E-state index contributed by atoms with van der Waals surface area (Å²) in [5, 5.41) is 3.14. The Kier molecular flexibility index (Phi) is 5.89. The van der Waals surface area contributed by atoms with E-state index in [0.717, 1.165) is 55.5 Å². The molecule has 5 aliphatic rings. The van der Waals surface area contributed by atoms with Crippen molar-refractivity contribution >= 4 is 15.9 Å². The van der Waals surface area contributed by atoms with Crippen LogP contribution in [0.3, 0.4) is 0 Å². The molecule has 0 spiro atoms. The van der Waals surface area contributed by atoms with Crippen molar-refractivity contribution in [2.24, 2.45) is 23.2 Å².